The van der Waals surface area contributed by atoms with Crippen molar-refractivity contribution in [2.45, 2.75) is 12.3 Å². The van der Waals surface area contributed by atoms with E-state index in [9.17, 15) is 18.0 Å². The highest BCUT2D eigenvalue weighted by Crippen LogP contribution is 2.48. The fraction of sp³-hybridized carbons (Fsp3) is 0.158. The molecule has 3 nitrogen and oxygen atoms in total. The zero-order chi connectivity index (χ0) is 18.3. The molecule has 1 fully saturated rings. The summed E-state index contributed by atoms with van der Waals surface area (Å²) < 4.78 is 40.1. The van der Waals surface area contributed by atoms with E-state index in [2.05, 4.69) is 10.3 Å². The van der Waals surface area contributed by atoms with Crippen molar-refractivity contribution in [1.82, 2.24) is 4.98 Å². The number of hydrogen-bond donors (Lipinski definition) is 1. The van der Waals surface area contributed by atoms with Crippen LogP contribution in [0.25, 0.3) is 11.3 Å². The van der Waals surface area contributed by atoms with Crippen LogP contribution in [0.3, 0.4) is 0 Å². The number of rotatable bonds is 4. The van der Waals surface area contributed by atoms with Gasteiger partial charge in [0.05, 0.1) is 5.69 Å². The van der Waals surface area contributed by atoms with E-state index in [-0.39, 0.29) is 34.8 Å². The molecule has 26 heavy (non-hydrogen) atoms. The molecule has 1 amide bonds. The molecule has 2 atom stereocenters. The summed E-state index contributed by atoms with van der Waals surface area (Å²) in [6.45, 7) is 0. The van der Waals surface area contributed by atoms with Crippen molar-refractivity contribution in [2.75, 3.05) is 5.32 Å². The van der Waals surface area contributed by atoms with Crippen LogP contribution in [0.4, 0.5) is 18.3 Å². The lowest BCUT2D eigenvalue weighted by Crippen LogP contribution is -2.14. The molecule has 1 N–H and O–H groups in total. The van der Waals surface area contributed by atoms with Gasteiger partial charge in [0, 0.05) is 16.9 Å². The Hall–Kier alpha value is -2.67. The van der Waals surface area contributed by atoms with Crippen LogP contribution in [-0.4, -0.2) is 10.9 Å². The molecule has 0 bridgehead atoms. The zero-order valence-electron chi connectivity index (χ0n) is 13.4. The van der Waals surface area contributed by atoms with Gasteiger partial charge in [-0.05, 0) is 48.2 Å². The largest absolute Gasteiger partial charge is 0.302 e. The number of carbonyl (C=O) groups is 1. The summed E-state index contributed by atoms with van der Waals surface area (Å²) in [7, 11) is 0. The van der Waals surface area contributed by atoms with E-state index in [0.717, 1.165) is 35.1 Å². The molecule has 2 unspecified atom stereocenters. The van der Waals surface area contributed by atoms with E-state index in [1.165, 1.54) is 12.1 Å². The highest BCUT2D eigenvalue weighted by atomic mass is 32.1. The molecule has 3 aromatic rings. The third-order valence-electron chi connectivity index (χ3n) is 4.36. The van der Waals surface area contributed by atoms with Crippen molar-refractivity contribution in [3.63, 3.8) is 0 Å². The molecular formula is C19H13F3N2OS. The number of amides is 1. The first-order chi connectivity index (χ1) is 12.5. The maximum absolute atomic E-state index is 13.8. The van der Waals surface area contributed by atoms with E-state index >= 15 is 0 Å². The van der Waals surface area contributed by atoms with Crippen molar-refractivity contribution >= 4 is 22.4 Å². The van der Waals surface area contributed by atoms with Gasteiger partial charge in [0.1, 0.15) is 17.5 Å². The van der Waals surface area contributed by atoms with Gasteiger partial charge in [-0.1, -0.05) is 12.1 Å². The van der Waals surface area contributed by atoms with Gasteiger partial charge in [0.25, 0.3) is 0 Å². The molecule has 1 saturated carbocycles. The van der Waals surface area contributed by atoms with Crippen LogP contribution in [0, 0.1) is 23.4 Å². The number of nitrogens with zero attached hydrogens (tertiary/aromatic N) is 1. The van der Waals surface area contributed by atoms with Crippen LogP contribution in [0.5, 0.6) is 0 Å². The summed E-state index contributed by atoms with van der Waals surface area (Å²) in [6.07, 6.45) is 0.689. The number of carbonyl (C=O) groups excluding carboxylic acids is 1. The summed E-state index contributed by atoms with van der Waals surface area (Å²) in [5.74, 6) is -1.75. The maximum atomic E-state index is 13.8. The Balaban J connectivity index is 1.44. The number of benzene rings is 2. The van der Waals surface area contributed by atoms with Crippen molar-refractivity contribution < 1.29 is 18.0 Å². The van der Waals surface area contributed by atoms with Crippen LogP contribution in [0.2, 0.25) is 0 Å². The third kappa shape index (κ3) is 3.35. The van der Waals surface area contributed by atoms with Gasteiger partial charge in [-0.2, -0.15) is 0 Å². The molecule has 132 valence electrons. The summed E-state index contributed by atoms with van der Waals surface area (Å²) >= 11 is 1.15. The van der Waals surface area contributed by atoms with E-state index in [1.54, 1.807) is 17.5 Å². The summed E-state index contributed by atoms with van der Waals surface area (Å²) in [5, 5.41) is 4.62. The van der Waals surface area contributed by atoms with Gasteiger partial charge in [0.2, 0.25) is 5.91 Å². The summed E-state index contributed by atoms with van der Waals surface area (Å²) in [5.41, 5.74) is 1.25. The predicted molar refractivity (Wildman–Crippen MR) is 93.3 cm³/mol. The van der Waals surface area contributed by atoms with Gasteiger partial charge >= 0.3 is 0 Å². The number of thiazole rings is 1. The molecule has 0 radical (unpaired) electrons. The number of aromatic nitrogens is 1. The van der Waals surface area contributed by atoms with Crippen LogP contribution in [0.15, 0.2) is 47.8 Å². The molecule has 4 rings (SSSR count). The first kappa shape index (κ1) is 16.8. The fourth-order valence-corrected chi connectivity index (χ4v) is 3.62. The Morgan fingerprint density at radius 2 is 1.81 bits per heavy atom. The number of nitrogens with one attached hydrogen (secondary N) is 1. The second-order valence-corrected chi connectivity index (χ2v) is 7.01. The van der Waals surface area contributed by atoms with Crippen molar-refractivity contribution in [1.29, 1.82) is 0 Å². The topological polar surface area (TPSA) is 42.0 Å². The van der Waals surface area contributed by atoms with Crippen LogP contribution in [-0.2, 0) is 4.79 Å². The average Bonchev–Trinajstić information content (AvgIpc) is 3.30. The monoisotopic (exact) mass is 374 g/mol. The van der Waals surface area contributed by atoms with Crippen molar-refractivity contribution in [2.24, 2.45) is 5.92 Å². The van der Waals surface area contributed by atoms with Crippen molar-refractivity contribution in [3.05, 3.63) is 70.9 Å². The first-order valence-corrected chi connectivity index (χ1v) is 8.86. The first-order valence-electron chi connectivity index (χ1n) is 7.98. The molecule has 1 aliphatic carbocycles. The van der Waals surface area contributed by atoms with Gasteiger partial charge < -0.3 is 5.32 Å². The van der Waals surface area contributed by atoms with Crippen LogP contribution >= 0.6 is 11.3 Å². The average molecular weight is 374 g/mol. The summed E-state index contributed by atoms with van der Waals surface area (Å²) in [4.78, 5) is 16.5. The molecule has 1 aromatic heterocycles. The minimum absolute atomic E-state index is 0.0531. The molecule has 1 heterocycles. The van der Waals surface area contributed by atoms with E-state index in [1.807, 2.05) is 0 Å². The second kappa shape index (κ2) is 6.57. The van der Waals surface area contributed by atoms with Gasteiger partial charge in [-0.25, -0.2) is 18.2 Å². The molecule has 0 aliphatic heterocycles. The Labute approximate surface area is 151 Å². The fourth-order valence-electron chi connectivity index (χ4n) is 2.91. The Morgan fingerprint density at radius 1 is 1.08 bits per heavy atom. The molecular weight excluding hydrogens is 361 g/mol. The normalized spacial score (nSPS) is 18.6. The minimum atomic E-state index is -0.576. The Kier molecular flexibility index (Phi) is 4.24. The van der Waals surface area contributed by atoms with Crippen LogP contribution in [0.1, 0.15) is 17.9 Å². The number of hydrogen-bond acceptors (Lipinski definition) is 3. The smallest absolute Gasteiger partial charge is 0.229 e. The van der Waals surface area contributed by atoms with E-state index in [4.69, 9.17) is 0 Å². The van der Waals surface area contributed by atoms with Crippen LogP contribution < -0.4 is 5.32 Å². The number of halogens is 3. The van der Waals surface area contributed by atoms with Crippen molar-refractivity contribution in [3.8, 4) is 11.3 Å². The predicted octanol–water partition coefficient (Wildman–Crippen LogP) is 4.97. The minimum Gasteiger partial charge on any atom is -0.302 e. The van der Waals surface area contributed by atoms with Gasteiger partial charge in [-0.3, -0.25) is 4.79 Å². The highest BCUT2D eigenvalue weighted by Gasteiger charge is 2.44. The Bertz CT molecular complexity index is 971. The quantitative estimate of drug-likeness (QED) is 0.701. The number of anilines is 1. The SMILES string of the molecule is O=C(Nc1nc(-c2cc(F)ccc2F)cs1)C1CC1c1ccc(F)cc1. The molecule has 2 aromatic carbocycles. The molecule has 0 spiro atoms. The zero-order valence-corrected chi connectivity index (χ0v) is 14.2. The van der Waals surface area contributed by atoms with E-state index < -0.39 is 11.6 Å². The maximum Gasteiger partial charge on any atom is 0.229 e. The lowest BCUT2D eigenvalue weighted by atomic mass is 10.1. The molecule has 1 aliphatic rings. The molecule has 0 saturated heterocycles. The molecule has 7 heteroatoms. The standard InChI is InChI=1S/C19H13F3N2OS/c20-11-3-1-10(2-4-11)13-8-14(13)18(25)24-19-23-17(9-26-19)15-7-12(21)5-6-16(15)22/h1-7,9,13-14H,8H2,(H,23,24,25). The van der Waals surface area contributed by atoms with Gasteiger partial charge in [0.15, 0.2) is 5.13 Å². The Morgan fingerprint density at radius 3 is 2.58 bits per heavy atom. The highest BCUT2D eigenvalue weighted by molar-refractivity contribution is 7.14. The third-order valence-corrected chi connectivity index (χ3v) is 5.12. The van der Waals surface area contributed by atoms with Gasteiger partial charge in [-0.15, -0.1) is 11.3 Å². The lowest BCUT2D eigenvalue weighted by molar-refractivity contribution is -0.117. The second-order valence-electron chi connectivity index (χ2n) is 6.15. The van der Waals surface area contributed by atoms with E-state index in [0.29, 0.717) is 11.6 Å². The summed E-state index contributed by atoms with van der Waals surface area (Å²) in [6, 6.07) is 9.27. The lowest BCUT2D eigenvalue weighted by Gasteiger charge is -2.02.